The van der Waals surface area contributed by atoms with Crippen LogP contribution in [0, 0.1) is 35.0 Å². The van der Waals surface area contributed by atoms with Crippen molar-refractivity contribution in [3.8, 4) is 30.2 Å². The lowest BCUT2D eigenvalue weighted by Gasteiger charge is -2.08. The second kappa shape index (κ2) is 6.56. The average molecular weight is 223 g/mol. The summed E-state index contributed by atoms with van der Waals surface area (Å²) in [6.45, 7) is 0.158. The van der Waals surface area contributed by atoms with E-state index >= 15 is 0 Å². The Morgan fingerprint density at radius 1 is 1.35 bits per heavy atom. The van der Waals surface area contributed by atoms with E-state index in [0.717, 1.165) is 0 Å². The van der Waals surface area contributed by atoms with Gasteiger partial charge in [-0.15, -0.1) is 6.42 Å². The normalized spacial score (nSPS) is 8.06. The van der Waals surface area contributed by atoms with Crippen molar-refractivity contribution < 1.29 is 4.74 Å². The Bertz CT molecular complexity index is 525. The number of benzene rings is 1. The summed E-state index contributed by atoms with van der Waals surface area (Å²) in [6.07, 6.45) is 6.42. The Morgan fingerprint density at radius 3 is 2.71 bits per heavy atom. The van der Waals surface area contributed by atoms with E-state index in [9.17, 15) is 0 Å². The number of para-hydroxylation sites is 2. The number of hydrogen-bond acceptors (Lipinski definition) is 4. The minimum absolute atomic E-state index is 0.0169. The first-order valence-corrected chi connectivity index (χ1v) is 4.74. The minimum atomic E-state index is -0.0169. The zero-order valence-corrected chi connectivity index (χ0v) is 8.97. The third-order valence-electron chi connectivity index (χ3n) is 1.81. The molecule has 0 atom stereocenters. The summed E-state index contributed by atoms with van der Waals surface area (Å²) in [4.78, 5) is 0. The van der Waals surface area contributed by atoms with Gasteiger partial charge in [-0.25, -0.2) is 0 Å². The summed E-state index contributed by atoms with van der Waals surface area (Å²) in [6, 6.07) is 10.6. The Labute approximate surface area is 99.7 Å². The molecule has 1 aromatic carbocycles. The van der Waals surface area contributed by atoms with Crippen LogP contribution in [0.25, 0.3) is 0 Å². The smallest absolute Gasteiger partial charge is 0.148 e. The zero-order valence-electron chi connectivity index (χ0n) is 8.97. The third-order valence-corrected chi connectivity index (χ3v) is 1.81. The first-order valence-electron chi connectivity index (χ1n) is 4.74. The summed E-state index contributed by atoms with van der Waals surface area (Å²) in [5, 5.41) is 20.0. The van der Waals surface area contributed by atoms with E-state index in [1.54, 1.807) is 36.4 Å². The monoisotopic (exact) mass is 223 g/mol. The van der Waals surface area contributed by atoms with Crippen molar-refractivity contribution in [1.82, 2.24) is 0 Å². The largest absolute Gasteiger partial charge is 0.479 e. The van der Waals surface area contributed by atoms with Gasteiger partial charge >= 0.3 is 0 Å². The number of ether oxygens (including phenoxy) is 1. The molecule has 0 bridgehead atoms. The van der Waals surface area contributed by atoms with Crippen LogP contribution in [0.2, 0.25) is 0 Å². The third kappa shape index (κ3) is 3.63. The lowest BCUT2D eigenvalue weighted by atomic mass is 10.3. The highest BCUT2D eigenvalue weighted by Crippen LogP contribution is 2.23. The molecule has 0 heterocycles. The summed E-state index contributed by atoms with van der Waals surface area (Å²) in [7, 11) is 0. The Hall–Kier alpha value is -2.90. The highest BCUT2D eigenvalue weighted by Gasteiger charge is 2.00. The van der Waals surface area contributed by atoms with Crippen LogP contribution >= 0.6 is 0 Å². The van der Waals surface area contributed by atoms with E-state index in [1.807, 2.05) is 0 Å². The number of nitrogens with zero attached hydrogens (tertiary/aromatic N) is 2. The maximum Gasteiger partial charge on any atom is 0.148 e. The predicted octanol–water partition coefficient (Wildman–Crippen LogP) is 2.04. The van der Waals surface area contributed by atoms with E-state index in [2.05, 4.69) is 11.2 Å². The molecular weight excluding hydrogens is 214 g/mol. The Kier molecular flexibility index (Phi) is 4.70. The molecule has 0 spiro atoms. The van der Waals surface area contributed by atoms with Gasteiger partial charge in [-0.1, -0.05) is 18.1 Å². The molecule has 1 N–H and O–H groups in total. The fourth-order valence-electron chi connectivity index (χ4n) is 1.07. The number of anilines is 1. The van der Waals surface area contributed by atoms with E-state index in [4.69, 9.17) is 21.7 Å². The maximum atomic E-state index is 8.58. The summed E-state index contributed by atoms with van der Waals surface area (Å²) in [5.41, 5.74) is 0.627. The van der Waals surface area contributed by atoms with Crippen LogP contribution in [0.15, 0.2) is 36.0 Å². The fraction of sp³-hybridized carbons (Fsp3) is 0.0769. The second-order valence-corrected chi connectivity index (χ2v) is 2.91. The van der Waals surface area contributed by atoms with Crippen LogP contribution in [0.5, 0.6) is 5.75 Å². The van der Waals surface area contributed by atoms with Crippen LogP contribution in [0.4, 0.5) is 5.69 Å². The van der Waals surface area contributed by atoms with E-state index in [1.165, 1.54) is 6.20 Å². The molecule has 82 valence electrons. The number of terminal acetylenes is 1. The van der Waals surface area contributed by atoms with Crippen LogP contribution in [0.1, 0.15) is 0 Å². The van der Waals surface area contributed by atoms with Crippen LogP contribution in [0.3, 0.4) is 0 Å². The first-order chi connectivity index (χ1) is 8.31. The van der Waals surface area contributed by atoms with E-state index in [0.29, 0.717) is 11.4 Å². The van der Waals surface area contributed by atoms with Gasteiger partial charge in [0, 0.05) is 6.20 Å². The van der Waals surface area contributed by atoms with E-state index in [-0.39, 0.29) is 12.2 Å². The molecule has 0 fully saturated rings. The summed E-state index contributed by atoms with van der Waals surface area (Å²) in [5.74, 6) is 2.93. The summed E-state index contributed by atoms with van der Waals surface area (Å²) < 4.78 is 5.29. The maximum absolute atomic E-state index is 8.58. The Morgan fingerprint density at radius 2 is 2.06 bits per heavy atom. The molecule has 0 aliphatic heterocycles. The van der Waals surface area contributed by atoms with Crippen molar-refractivity contribution >= 4 is 5.69 Å². The van der Waals surface area contributed by atoms with Crippen molar-refractivity contribution in [3.63, 3.8) is 0 Å². The molecule has 0 amide bonds. The average Bonchev–Trinajstić information content (AvgIpc) is 2.38. The van der Waals surface area contributed by atoms with Crippen molar-refractivity contribution in [3.05, 3.63) is 36.0 Å². The fourth-order valence-corrected chi connectivity index (χ4v) is 1.07. The SMILES string of the molecule is C#CCOc1ccccc1NC=C(C#N)C#N. The van der Waals surface area contributed by atoms with Gasteiger partial charge in [0.25, 0.3) is 0 Å². The highest BCUT2D eigenvalue weighted by atomic mass is 16.5. The molecule has 0 radical (unpaired) electrons. The molecule has 4 nitrogen and oxygen atoms in total. The lowest BCUT2D eigenvalue weighted by molar-refractivity contribution is 0.372. The molecule has 0 aliphatic rings. The standard InChI is InChI=1S/C13H9N3O/c1-2-7-17-13-6-4-3-5-12(13)16-10-11(8-14)9-15/h1,3-6,10,16H,7H2. The van der Waals surface area contributed by atoms with Crippen molar-refractivity contribution in [2.24, 2.45) is 0 Å². The van der Waals surface area contributed by atoms with Gasteiger partial charge in [-0.3, -0.25) is 0 Å². The molecular formula is C13H9N3O. The van der Waals surface area contributed by atoms with Crippen LogP contribution in [-0.2, 0) is 0 Å². The van der Waals surface area contributed by atoms with Crippen molar-refractivity contribution in [2.75, 3.05) is 11.9 Å². The lowest BCUT2D eigenvalue weighted by Crippen LogP contribution is -1.98. The number of nitrogens with one attached hydrogen (secondary N) is 1. The Balaban J connectivity index is 2.85. The quantitative estimate of drug-likeness (QED) is 0.626. The molecule has 0 aliphatic carbocycles. The van der Waals surface area contributed by atoms with Crippen LogP contribution in [-0.4, -0.2) is 6.61 Å². The second-order valence-electron chi connectivity index (χ2n) is 2.91. The molecule has 4 heteroatoms. The number of hydrogen-bond donors (Lipinski definition) is 1. The molecule has 0 saturated carbocycles. The minimum Gasteiger partial charge on any atom is -0.479 e. The molecule has 0 saturated heterocycles. The first kappa shape index (κ1) is 12.2. The van der Waals surface area contributed by atoms with E-state index < -0.39 is 0 Å². The number of rotatable bonds is 4. The van der Waals surface area contributed by atoms with Gasteiger partial charge in [0.1, 0.15) is 30.1 Å². The van der Waals surface area contributed by atoms with Crippen molar-refractivity contribution in [2.45, 2.75) is 0 Å². The van der Waals surface area contributed by atoms with Gasteiger partial charge in [0.15, 0.2) is 0 Å². The highest BCUT2D eigenvalue weighted by molar-refractivity contribution is 5.59. The zero-order chi connectivity index (χ0) is 12.5. The molecule has 1 rings (SSSR count). The molecule has 0 unspecified atom stereocenters. The molecule has 0 aromatic heterocycles. The number of allylic oxidation sites excluding steroid dienone is 1. The van der Waals surface area contributed by atoms with Gasteiger partial charge < -0.3 is 10.1 Å². The molecule has 1 aromatic rings. The van der Waals surface area contributed by atoms with Gasteiger partial charge in [-0.05, 0) is 12.1 Å². The topological polar surface area (TPSA) is 68.8 Å². The van der Waals surface area contributed by atoms with Gasteiger partial charge in [0.2, 0.25) is 0 Å². The van der Waals surface area contributed by atoms with Gasteiger partial charge in [0.05, 0.1) is 5.69 Å². The predicted molar refractivity (Wildman–Crippen MR) is 63.7 cm³/mol. The number of nitriles is 2. The van der Waals surface area contributed by atoms with Gasteiger partial charge in [-0.2, -0.15) is 10.5 Å². The van der Waals surface area contributed by atoms with Crippen LogP contribution < -0.4 is 10.1 Å². The molecule has 17 heavy (non-hydrogen) atoms. The summed E-state index contributed by atoms with van der Waals surface area (Å²) >= 11 is 0. The van der Waals surface area contributed by atoms with Crippen molar-refractivity contribution in [1.29, 1.82) is 10.5 Å².